The second-order valence-corrected chi connectivity index (χ2v) is 13.3. The van der Waals surface area contributed by atoms with Gasteiger partial charge in [-0.05, 0) is 45.2 Å². The fourth-order valence-corrected chi connectivity index (χ4v) is 5.77. The molecule has 1 saturated heterocycles. The van der Waals surface area contributed by atoms with Crippen LogP contribution in [0.25, 0.3) is 22.2 Å². The Labute approximate surface area is 277 Å². The van der Waals surface area contributed by atoms with E-state index in [0.717, 1.165) is 16.6 Å². The standard InChI is InChI=1S/C36H48N4O7/c1-8-12-28(34(42)43)37-20-24-17-26(21-40(24)33(41)32(22(2)3)39-35(44)47-36(4,5)6)46-31-19-29(23-13-10-9-11-14-23)38-30-18-25(45-7)15-16-27(30)31/h9-11,13-16,18-19,22,24,26,28,32,37H,8,12,17,20-21H2,1-7H3,(H,39,44)(H,42,43)/t24-,26?,28-,32-/m0/s1. The number of carboxylic acid groups (broad SMARTS) is 1. The molecule has 1 aliphatic rings. The summed E-state index contributed by atoms with van der Waals surface area (Å²) in [6.07, 6.45) is 0.523. The number of hydrogen-bond acceptors (Lipinski definition) is 8. The Balaban J connectivity index is 1.66. The number of amides is 2. The molecule has 11 heteroatoms. The largest absolute Gasteiger partial charge is 0.497 e. The summed E-state index contributed by atoms with van der Waals surface area (Å²) in [6.45, 7) is 11.4. The molecular formula is C36H48N4O7. The molecule has 1 aliphatic heterocycles. The summed E-state index contributed by atoms with van der Waals surface area (Å²) in [5.74, 6) is -0.163. The summed E-state index contributed by atoms with van der Waals surface area (Å²) < 4.78 is 17.6. The Morgan fingerprint density at radius 1 is 1.09 bits per heavy atom. The average Bonchev–Trinajstić information content (AvgIpc) is 3.42. The molecule has 2 amide bonds. The molecule has 11 nitrogen and oxygen atoms in total. The number of ether oxygens (including phenoxy) is 3. The van der Waals surface area contributed by atoms with E-state index < -0.39 is 35.9 Å². The fourth-order valence-electron chi connectivity index (χ4n) is 5.77. The summed E-state index contributed by atoms with van der Waals surface area (Å²) in [6, 6.07) is 15.4. The molecule has 1 unspecified atom stereocenters. The molecular weight excluding hydrogens is 600 g/mol. The van der Waals surface area contributed by atoms with Crippen molar-refractivity contribution < 1.29 is 33.7 Å². The van der Waals surface area contributed by atoms with Gasteiger partial charge in [-0.1, -0.05) is 57.5 Å². The summed E-state index contributed by atoms with van der Waals surface area (Å²) in [5.41, 5.74) is 1.64. The number of methoxy groups -OCH3 is 1. The lowest BCUT2D eigenvalue weighted by Crippen LogP contribution is -2.55. The first-order valence-electron chi connectivity index (χ1n) is 16.3. The summed E-state index contributed by atoms with van der Waals surface area (Å²) >= 11 is 0. The van der Waals surface area contributed by atoms with E-state index >= 15 is 0 Å². The second-order valence-electron chi connectivity index (χ2n) is 13.3. The van der Waals surface area contributed by atoms with Gasteiger partial charge in [-0.25, -0.2) is 9.78 Å². The molecule has 2 aromatic carbocycles. The third kappa shape index (κ3) is 9.34. The molecule has 254 valence electrons. The third-order valence-corrected chi connectivity index (χ3v) is 8.08. The van der Waals surface area contributed by atoms with E-state index in [1.165, 1.54) is 0 Å². The number of benzene rings is 2. The smallest absolute Gasteiger partial charge is 0.408 e. The van der Waals surface area contributed by atoms with Crippen LogP contribution in [0.3, 0.4) is 0 Å². The molecule has 1 fully saturated rings. The van der Waals surface area contributed by atoms with Crippen molar-refractivity contribution in [1.82, 2.24) is 20.5 Å². The molecule has 47 heavy (non-hydrogen) atoms. The van der Waals surface area contributed by atoms with Crippen LogP contribution in [0.15, 0.2) is 54.6 Å². The number of aliphatic carboxylic acids is 1. The van der Waals surface area contributed by atoms with Crippen LogP contribution in [0.4, 0.5) is 4.79 Å². The van der Waals surface area contributed by atoms with Crippen molar-refractivity contribution in [2.45, 2.75) is 90.6 Å². The van der Waals surface area contributed by atoms with Crippen LogP contribution in [-0.4, -0.2) is 83.0 Å². The van der Waals surface area contributed by atoms with E-state index in [1.54, 1.807) is 32.8 Å². The normalized spacial score (nSPS) is 17.7. The number of carboxylic acids is 1. The maximum Gasteiger partial charge on any atom is 0.408 e. The minimum atomic E-state index is -0.936. The third-order valence-electron chi connectivity index (χ3n) is 8.08. The zero-order chi connectivity index (χ0) is 34.3. The van der Waals surface area contributed by atoms with E-state index in [2.05, 4.69) is 10.6 Å². The minimum absolute atomic E-state index is 0.233. The Hall–Kier alpha value is -4.38. The number of carbonyl (C=O) groups excluding carboxylic acids is 2. The van der Waals surface area contributed by atoms with Gasteiger partial charge in [0.1, 0.15) is 35.3 Å². The molecule has 4 atom stereocenters. The van der Waals surface area contributed by atoms with Crippen LogP contribution in [0, 0.1) is 5.92 Å². The molecule has 3 aromatic rings. The number of hydrogen-bond donors (Lipinski definition) is 3. The zero-order valence-corrected chi connectivity index (χ0v) is 28.4. The van der Waals surface area contributed by atoms with E-state index in [0.29, 0.717) is 36.3 Å². The van der Waals surface area contributed by atoms with Gasteiger partial charge in [0, 0.05) is 42.1 Å². The van der Waals surface area contributed by atoms with Crippen LogP contribution in [0.5, 0.6) is 11.5 Å². The lowest BCUT2D eigenvalue weighted by molar-refractivity contribution is -0.139. The van der Waals surface area contributed by atoms with Crippen LogP contribution in [0.2, 0.25) is 0 Å². The quantitative estimate of drug-likeness (QED) is 0.215. The number of nitrogens with zero attached hydrogens (tertiary/aromatic N) is 2. The number of alkyl carbamates (subject to hydrolysis) is 1. The number of aromatic nitrogens is 1. The van der Waals surface area contributed by atoms with Crippen molar-refractivity contribution in [2.75, 3.05) is 20.2 Å². The first-order chi connectivity index (χ1) is 22.3. The number of fused-ring (bicyclic) bond motifs is 1. The van der Waals surface area contributed by atoms with Crippen LogP contribution in [0.1, 0.15) is 60.8 Å². The highest BCUT2D eigenvalue weighted by atomic mass is 16.6. The number of pyridine rings is 1. The molecule has 0 saturated carbocycles. The molecule has 0 aliphatic carbocycles. The Kier molecular flexibility index (Phi) is 11.7. The van der Waals surface area contributed by atoms with E-state index in [-0.39, 0.29) is 31.0 Å². The lowest BCUT2D eigenvalue weighted by atomic mass is 10.0. The zero-order valence-electron chi connectivity index (χ0n) is 28.4. The highest BCUT2D eigenvalue weighted by Crippen LogP contribution is 2.34. The maximum absolute atomic E-state index is 14.2. The lowest BCUT2D eigenvalue weighted by Gasteiger charge is -2.32. The van der Waals surface area contributed by atoms with Crippen molar-refractivity contribution in [3.63, 3.8) is 0 Å². The minimum Gasteiger partial charge on any atom is -0.497 e. The van der Waals surface area contributed by atoms with Gasteiger partial charge in [0.05, 0.1) is 24.9 Å². The first-order valence-corrected chi connectivity index (χ1v) is 16.3. The van der Waals surface area contributed by atoms with Crippen LogP contribution < -0.4 is 20.1 Å². The SMILES string of the molecule is CCC[C@H](NC[C@@H]1CC(Oc2cc(-c3ccccc3)nc3cc(OC)ccc23)CN1C(=O)[C@@H](NC(=O)OC(C)(C)C)C(C)C)C(=O)O. The van der Waals surface area contributed by atoms with Gasteiger partial charge in [0.25, 0.3) is 0 Å². The number of rotatable bonds is 13. The summed E-state index contributed by atoms with van der Waals surface area (Å²) in [5, 5.41) is 16.5. The van der Waals surface area contributed by atoms with E-state index in [1.807, 2.05) is 75.4 Å². The van der Waals surface area contributed by atoms with Gasteiger partial charge in [0.15, 0.2) is 0 Å². The van der Waals surface area contributed by atoms with Gasteiger partial charge in [-0.15, -0.1) is 0 Å². The van der Waals surface area contributed by atoms with Crippen molar-refractivity contribution in [3.8, 4) is 22.8 Å². The summed E-state index contributed by atoms with van der Waals surface area (Å²) in [4.78, 5) is 45.4. The Bertz CT molecular complexity index is 1540. The predicted octanol–water partition coefficient (Wildman–Crippen LogP) is 5.65. The monoisotopic (exact) mass is 648 g/mol. The van der Waals surface area contributed by atoms with Crippen molar-refractivity contribution in [1.29, 1.82) is 0 Å². The molecule has 1 aromatic heterocycles. The number of carbonyl (C=O) groups is 3. The van der Waals surface area contributed by atoms with Crippen molar-refractivity contribution in [2.24, 2.45) is 5.92 Å². The van der Waals surface area contributed by atoms with Gasteiger partial charge in [-0.3, -0.25) is 9.59 Å². The number of likely N-dealkylation sites (tertiary alicyclic amines) is 1. The molecule has 3 N–H and O–H groups in total. The topological polar surface area (TPSA) is 139 Å². The molecule has 0 radical (unpaired) electrons. The molecule has 0 bridgehead atoms. The second kappa shape index (κ2) is 15.5. The summed E-state index contributed by atoms with van der Waals surface area (Å²) in [7, 11) is 1.61. The van der Waals surface area contributed by atoms with Gasteiger partial charge >= 0.3 is 12.1 Å². The molecule has 4 rings (SSSR count). The molecule has 0 spiro atoms. The molecule has 2 heterocycles. The van der Waals surface area contributed by atoms with E-state index in [4.69, 9.17) is 19.2 Å². The predicted molar refractivity (Wildman–Crippen MR) is 181 cm³/mol. The Morgan fingerprint density at radius 3 is 2.43 bits per heavy atom. The highest BCUT2D eigenvalue weighted by molar-refractivity contribution is 5.89. The van der Waals surface area contributed by atoms with Crippen molar-refractivity contribution in [3.05, 3.63) is 54.6 Å². The first kappa shape index (κ1) is 35.5. The number of nitrogens with one attached hydrogen (secondary N) is 2. The average molecular weight is 649 g/mol. The maximum atomic E-state index is 14.2. The fraction of sp³-hybridized carbons (Fsp3) is 0.500. The van der Waals surface area contributed by atoms with Crippen LogP contribution >= 0.6 is 0 Å². The van der Waals surface area contributed by atoms with Crippen LogP contribution in [-0.2, 0) is 14.3 Å². The van der Waals surface area contributed by atoms with Crippen molar-refractivity contribution >= 4 is 28.9 Å². The van der Waals surface area contributed by atoms with Gasteiger partial charge in [0.2, 0.25) is 5.91 Å². The highest BCUT2D eigenvalue weighted by Gasteiger charge is 2.41. The Morgan fingerprint density at radius 2 is 1.81 bits per heavy atom. The van der Waals surface area contributed by atoms with Gasteiger partial charge < -0.3 is 34.9 Å². The van der Waals surface area contributed by atoms with E-state index in [9.17, 15) is 19.5 Å². The van der Waals surface area contributed by atoms with Gasteiger partial charge in [-0.2, -0.15) is 0 Å².